The Bertz CT molecular complexity index is 908. The van der Waals surface area contributed by atoms with Crippen molar-refractivity contribution in [3.05, 3.63) is 42.0 Å². The fourth-order valence-corrected chi connectivity index (χ4v) is 3.48. The van der Waals surface area contributed by atoms with E-state index < -0.39 is 21.9 Å². The van der Waals surface area contributed by atoms with Gasteiger partial charge >= 0.3 is 16.3 Å². The zero-order valence-corrected chi connectivity index (χ0v) is 22.7. The minimum atomic E-state index is -3.89. The van der Waals surface area contributed by atoms with E-state index >= 15 is 0 Å². The first-order valence-electron chi connectivity index (χ1n) is 11.9. The third-order valence-corrected chi connectivity index (χ3v) is 5.34. The molecule has 198 valence electrons. The molecule has 0 atom stereocenters. The summed E-state index contributed by atoms with van der Waals surface area (Å²) >= 11 is 0. The van der Waals surface area contributed by atoms with Crippen molar-refractivity contribution in [3.63, 3.8) is 0 Å². The van der Waals surface area contributed by atoms with Crippen LogP contribution < -0.4 is 14.8 Å². The minimum Gasteiger partial charge on any atom is -0.443 e. The molecule has 0 aliphatic rings. The topological polar surface area (TPSA) is 126 Å². The van der Waals surface area contributed by atoms with E-state index in [4.69, 9.17) is 4.74 Å². The zero-order valence-electron chi connectivity index (χ0n) is 21.9. The van der Waals surface area contributed by atoms with Gasteiger partial charge in [-0.05, 0) is 52.5 Å². The highest BCUT2D eigenvalue weighted by Crippen LogP contribution is 2.11. The average molecular weight is 511 g/mol. The molecule has 0 aliphatic heterocycles. The number of carbonyl (C=O) groups is 2. The Morgan fingerprint density at radius 3 is 2.29 bits per heavy atom. The van der Waals surface area contributed by atoms with Crippen LogP contribution in [0, 0.1) is 0 Å². The van der Waals surface area contributed by atoms with Gasteiger partial charge in [0.2, 0.25) is 0 Å². The lowest BCUT2D eigenvalue weighted by Gasteiger charge is -2.19. The van der Waals surface area contributed by atoms with Crippen LogP contribution in [0.1, 0.15) is 78.7 Å². The van der Waals surface area contributed by atoms with Gasteiger partial charge in [-0.3, -0.25) is 4.99 Å². The van der Waals surface area contributed by atoms with Crippen LogP contribution in [0.15, 0.2) is 41.4 Å². The molecule has 1 aromatic rings. The number of aldehydes is 1. The van der Waals surface area contributed by atoms with Crippen molar-refractivity contribution in [3.8, 4) is 0 Å². The van der Waals surface area contributed by atoms with E-state index in [1.165, 1.54) is 5.56 Å². The molecule has 0 bridgehead atoms. The van der Waals surface area contributed by atoms with Crippen LogP contribution in [0.3, 0.4) is 0 Å². The van der Waals surface area contributed by atoms with E-state index in [0.717, 1.165) is 43.5 Å². The second-order valence-electron chi connectivity index (χ2n) is 8.63. The van der Waals surface area contributed by atoms with E-state index in [0.29, 0.717) is 12.8 Å². The first-order valence-corrected chi connectivity index (χ1v) is 13.3. The first kappa shape index (κ1) is 32.3. The van der Waals surface area contributed by atoms with Crippen LogP contribution in [0.5, 0.6) is 0 Å². The molecule has 0 saturated heterocycles. The number of aliphatic imine (C=N–C) groups is 1. The summed E-state index contributed by atoms with van der Waals surface area (Å²) in [4.78, 5) is 25.6. The van der Waals surface area contributed by atoms with Gasteiger partial charge in [-0.25, -0.2) is 9.52 Å². The lowest BCUT2D eigenvalue weighted by atomic mass is 10.1. The molecule has 0 heterocycles. The number of allylic oxidation sites excluding steroid dienone is 1. The monoisotopic (exact) mass is 510 g/mol. The first-order chi connectivity index (χ1) is 16.5. The summed E-state index contributed by atoms with van der Waals surface area (Å²) in [5.41, 5.74) is 1.56. The van der Waals surface area contributed by atoms with Gasteiger partial charge in [0.15, 0.2) is 0 Å². The predicted octanol–water partition coefficient (Wildman–Crippen LogP) is 4.57. The second-order valence-corrected chi connectivity index (χ2v) is 10.1. The Morgan fingerprint density at radius 1 is 1.11 bits per heavy atom. The Labute approximate surface area is 211 Å². The van der Waals surface area contributed by atoms with Crippen LogP contribution in [0.25, 0.3) is 5.70 Å². The van der Waals surface area contributed by atoms with E-state index in [1.54, 1.807) is 25.5 Å². The number of unbranched alkanes of at least 4 members (excludes halogenated alkanes) is 3. The third kappa shape index (κ3) is 17.4. The quantitative estimate of drug-likeness (QED) is 0.164. The Hall–Kier alpha value is -2.72. The molecule has 0 aromatic heterocycles. The Balaban J connectivity index is 0.000000669. The smallest absolute Gasteiger partial charge is 0.422 e. The van der Waals surface area contributed by atoms with Crippen molar-refractivity contribution in [1.82, 2.24) is 14.8 Å². The summed E-state index contributed by atoms with van der Waals surface area (Å²) in [7, 11) is -2.06. The molecular weight excluding hydrogens is 468 g/mol. The molecule has 10 heteroatoms. The van der Waals surface area contributed by atoms with Crippen molar-refractivity contribution >= 4 is 34.1 Å². The second kappa shape index (κ2) is 17.7. The minimum absolute atomic E-state index is 0.205. The number of carbonyl (C=O) groups excluding carboxylic acids is 2. The maximum absolute atomic E-state index is 11.4. The van der Waals surface area contributed by atoms with E-state index in [-0.39, 0.29) is 6.54 Å². The maximum Gasteiger partial charge on any atom is 0.422 e. The third-order valence-electron chi connectivity index (χ3n) is 4.32. The van der Waals surface area contributed by atoms with Crippen molar-refractivity contribution in [2.45, 2.75) is 78.7 Å². The van der Waals surface area contributed by atoms with Crippen LogP contribution in [0.4, 0.5) is 4.79 Å². The number of rotatable bonds is 12. The average Bonchev–Trinajstić information content (AvgIpc) is 2.78. The molecule has 0 unspecified atom stereocenters. The van der Waals surface area contributed by atoms with Gasteiger partial charge in [0.1, 0.15) is 17.7 Å². The summed E-state index contributed by atoms with van der Waals surface area (Å²) in [5, 5.41) is 3.38. The number of amidine groups is 1. The summed E-state index contributed by atoms with van der Waals surface area (Å²) < 4.78 is 31.7. The van der Waals surface area contributed by atoms with E-state index in [9.17, 15) is 18.0 Å². The van der Waals surface area contributed by atoms with Gasteiger partial charge < -0.3 is 14.8 Å². The van der Waals surface area contributed by atoms with Crippen molar-refractivity contribution in [2.75, 3.05) is 13.6 Å². The lowest BCUT2D eigenvalue weighted by Crippen LogP contribution is -2.43. The summed E-state index contributed by atoms with van der Waals surface area (Å²) in [6.45, 7) is 9.31. The fraction of sp³-hybridized carbons (Fsp3) is 0.560. The van der Waals surface area contributed by atoms with E-state index in [2.05, 4.69) is 40.2 Å². The number of nitrogens with one attached hydrogen (secondary N) is 3. The van der Waals surface area contributed by atoms with Crippen LogP contribution in [-0.2, 0) is 19.7 Å². The van der Waals surface area contributed by atoms with E-state index in [1.807, 2.05) is 32.2 Å². The Kier molecular flexibility index (Phi) is 16.3. The molecule has 1 amide bonds. The van der Waals surface area contributed by atoms with Gasteiger partial charge in [0.25, 0.3) is 0 Å². The van der Waals surface area contributed by atoms with Crippen LogP contribution in [0.2, 0.25) is 0 Å². The number of ether oxygens (including phenoxy) is 1. The molecule has 3 N–H and O–H groups in total. The number of hydrogen-bond acceptors (Lipinski definition) is 6. The highest BCUT2D eigenvalue weighted by atomic mass is 32.2. The summed E-state index contributed by atoms with van der Waals surface area (Å²) in [6, 6.07) is 10.3. The van der Waals surface area contributed by atoms with Gasteiger partial charge in [-0.1, -0.05) is 49.8 Å². The number of benzene rings is 1. The van der Waals surface area contributed by atoms with Crippen LogP contribution >= 0.6 is 0 Å². The standard InChI is InChI=1S/C14H20N2.C11H22N2O5S/c1-4-9-14(15-3)16-13(5-2)12-10-7-6-8-11-12;1-11(2,3)18-10(15)13-19(16,17)12-8-6-4-5-7-9-14/h5-8,10-11H,4,9H2,1-3H3,(H,15,16);9,12H,4-8H2,1-3H3,(H,13,15)/b13-5-;. The maximum atomic E-state index is 11.4. The largest absolute Gasteiger partial charge is 0.443 e. The highest BCUT2D eigenvalue weighted by molar-refractivity contribution is 7.88. The molecule has 1 aromatic carbocycles. The zero-order chi connectivity index (χ0) is 26.7. The lowest BCUT2D eigenvalue weighted by molar-refractivity contribution is -0.107. The molecule has 35 heavy (non-hydrogen) atoms. The molecular formula is C25H42N4O5S. The molecule has 0 fully saturated rings. The molecule has 0 aliphatic carbocycles. The molecule has 0 spiro atoms. The van der Waals surface area contributed by atoms with Crippen molar-refractivity contribution in [2.24, 2.45) is 4.99 Å². The van der Waals surface area contributed by atoms with Crippen LogP contribution in [-0.4, -0.2) is 45.8 Å². The molecule has 1 rings (SSSR count). The van der Waals surface area contributed by atoms with Crippen molar-refractivity contribution < 1.29 is 22.7 Å². The van der Waals surface area contributed by atoms with Gasteiger partial charge in [0.05, 0.1) is 0 Å². The highest BCUT2D eigenvalue weighted by Gasteiger charge is 2.20. The molecule has 0 radical (unpaired) electrons. The molecule has 0 saturated carbocycles. The van der Waals surface area contributed by atoms with Gasteiger partial charge in [0, 0.05) is 32.1 Å². The number of amides is 1. The number of nitrogens with zero attached hydrogens (tertiary/aromatic N) is 1. The fourth-order valence-electron chi connectivity index (χ4n) is 2.73. The van der Waals surface area contributed by atoms with Gasteiger partial charge in [-0.2, -0.15) is 13.1 Å². The Morgan fingerprint density at radius 2 is 1.77 bits per heavy atom. The number of hydrogen-bond donors (Lipinski definition) is 3. The SMILES string of the molecule is C/C=C(\NC(CCC)=NC)c1ccccc1.CC(C)(C)OC(=O)NS(=O)(=O)NCCCCCC=O. The normalized spacial score (nSPS) is 12.3. The predicted molar refractivity (Wildman–Crippen MR) is 142 cm³/mol. The molecule has 9 nitrogen and oxygen atoms in total. The van der Waals surface area contributed by atoms with Gasteiger partial charge in [-0.15, -0.1) is 0 Å². The van der Waals surface area contributed by atoms with Crippen molar-refractivity contribution in [1.29, 1.82) is 0 Å². The summed E-state index contributed by atoms with van der Waals surface area (Å²) in [6.07, 6.45) is 6.53. The summed E-state index contributed by atoms with van der Waals surface area (Å²) in [5.74, 6) is 1.04.